The van der Waals surface area contributed by atoms with E-state index in [1.54, 1.807) is 18.3 Å². The quantitative estimate of drug-likeness (QED) is 0.777. The van der Waals surface area contributed by atoms with Crippen LogP contribution in [0, 0.1) is 0 Å². The Morgan fingerprint density at radius 3 is 2.41 bits per heavy atom. The van der Waals surface area contributed by atoms with Gasteiger partial charge in [-0.1, -0.05) is 30.3 Å². The molecule has 22 heavy (non-hydrogen) atoms. The maximum absolute atomic E-state index is 12.1. The first kappa shape index (κ1) is 13.8. The molecule has 1 heterocycles. The van der Waals surface area contributed by atoms with Crippen LogP contribution >= 0.6 is 0 Å². The fraction of sp³-hybridized carbons (Fsp3) is 0. The van der Waals surface area contributed by atoms with Crippen molar-refractivity contribution < 1.29 is 4.79 Å². The number of carbonyl (C=O) groups excluding carboxylic acids is 1. The number of hydrogen-bond donors (Lipinski definition) is 2. The van der Waals surface area contributed by atoms with Crippen LogP contribution in [0.4, 0.5) is 5.69 Å². The second-order valence-corrected chi connectivity index (χ2v) is 4.84. The number of carbonyl (C=O) groups is 1. The van der Waals surface area contributed by atoms with E-state index in [0.717, 1.165) is 11.1 Å². The lowest BCUT2D eigenvalue weighted by Gasteiger charge is -2.07. The molecule has 2 aromatic carbocycles. The number of anilines is 1. The molecular weight excluding hydrogens is 276 g/mol. The molecular formula is C18H14N2O2. The lowest BCUT2D eigenvalue weighted by molar-refractivity contribution is 0.102. The van der Waals surface area contributed by atoms with E-state index < -0.39 is 0 Å². The second kappa shape index (κ2) is 6.10. The minimum atomic E-state index is -0.163. The van der Waals surface area contributed by atoms with E-state index >= 15 is 0 Å². The number of nitrogens with one attached hydrogen (secondary N) is 2. The molecule has 0 fully saturated rings. The van der Waals surface area contributed by atoms with Gasteiger partial charge in [0.2, 0.25) is 5.56 Å². The number of H-pyrrole nitrogens is 1. The number of aromatic nitrogens is 1. The molecule has 0 aliphatic heterocycles. The summed E-state index contributed by atoms with van der Waals surface area (Å²) in [5.74, 6) is -0.163. The monoisotopic (exact) mass is 290 g/mol. The third-order valence-electron chi connectivity index (χ3n) is 3.26. The van der Waals surface area contributed by atoms with Crippen molar-refractivity contribution in [2.75, 3.05) is 5.32 Å². The molecule has 0 spiro atoms. The van der Waals surface area contributed by atoms with Crippen molar-refractivity contribution in [3.63, 3.8) is 0 Å². The number of amides is 1. The number of benzene rings is 2. The molecule has 108 valence electrons. The average Bonchev–Trinajstić information content (AvgIpc) is 2.56. The molecule has 3 aromatic rings. The highest BCUT2D eigenvalue weighted by atomic mass is 16.1. The molecule has 1 amide bonds. The summed E-state index contributed by atoms with van der Waals surface area (Å²) >= 11 is 0. The first-order chi connectivity index (χ1) is 10.7. The maximum Gasteiger partial charge on any atom is 0.255 e. The minimum absolute atomic E-state index is 0.156. The van der Waals surface area contributed by atoms with Gasteiger partial charge < -0.3 is 10.3 Å². The van der Waals surface area contributed by atoms with E-state index in [2.05, 4.69) is 10.3 Å². The largest absolute Gasteiger partial charge is 0.329 e. The Hall–Kier alpha value is -3.14. The van der Waals surface area contributed by atoms with Crippen LogP contribution in [0.5, 0.6) is 0 Å². The molecule has 4 nitrogen and oxygen atoms in total. The zero-order valence-electron chi connectivity index (χ0n) is 11.7. The first-order valence-corrected chi connectivity index (χ1v) is 6.88. The Kier molecular flexibility index (Phi) is 3.83. The molecule has 0 unspecified atom stereocenters. The normalized spacial score (nSPS) is 10.2. The van der Waals surface area contributed by atoms with Crippen LogP contribution in [0.15, 0.2) is 77.7 Å². The molecule has 0 aliphatic carbocycles. The van der Waals surface area contributed by atoms with Gasteiger partial charge in [0.25, 0.3) is 5.91 Å². The molecule has 2 N–H and O–H groups in total. The van der Waals surface area contributed by atoms with Crippen LogP contribution in [0.25, 0.3) is 11.1 Å². The average molecular weight is 290 g/mol. The standard InChI is InChI=1S/C18H14N2O2/c21-17-12-15(9-10-19-17)14-7-4-8-16(11-14)20-18(22)13-5-2-1-3-6-13/h1-12H,(H,19,21)(H,20,22). The smallest absolute Gasteiger partial charge is 0.255 e. The second-order valence-electron chi connectivity index (χ2n) is 4.84. The fourth-order valence-corrected chi connectivity index (χ4v) is 2.19. The summed E-state index contributed by atoms with van der Waals surface area (Å²) in [5, 5.41) is 2.86. The van der Waals surface area contributed by atoms with Gasteiger partial charge in [-0.3, -0.25) is 9.59 Å². The first-order valence-electron chi connectivity index (χ1n) is 6.88. The van der Waals surface area contributed by atoms with Crippen LogP contribution in [-0.4, -0.2) is 10.9 Å². The van der Waals surface area contributed by atoms with Crippen LogP contribution in [0.1, 0.15) is 10.4 Å². The Morgan fingerprint density at radius 2 is 1.64 bits per heavy atom. The molecule has 3 rings (SSSR count). The van der Waals surface area contributed by atoms with E-state index in [1.165, 1.54) is 6.07 Å². The molecule has 4 heteroatoms. The predicted molar refractivity (Wildman–Crippen MR) is 86.9 cm³/mol. The third kappa shape index (κ3) is 3.12. The van der Waals surface area contributed by atoms with Gasteiger partial charge in [-0.15, -0.1) is 0 Å². The highest BCUT2D eigenvalue weighted by Gasteiger charge is 2.06. The van der Waals surface area contributed by atoms with Crippen LogP contribution in [0.3, 0.4) is 0 Å². The van der Waals surface area contributed by atoms with Gasteiger partial charge in [0.15, 0.2) is 0 Å². The van der Waals surface area contributed by atoms with Gasteiger partial charge in [0.05, 0.1) is 0 Å². The number of hydrogen-bond acceptors (Lipinski definition) is 2. The van der Waals surface area contributed by atoms with Crippen molar-refractivity contribution in [1.82, 2.24) is 4.98 Å². The van der Waals surface area contributed by atoms with Crippen LogP contribution < -0.4 is 10.9 Å². The zero-order valence-corrected chi connectivity index (χ0v) is 11.7. The Balaban J connectivity index is 1.86. The van der Waals surface area contributed by atoms with E-state index in [0.29, 0.717) is 11.3 Å². The van der Waals surface area contributed by atoms with Gasteiger partial charge in [-0.25, -0.2) is 0 Å². The molecule has 0 bridgehead atoms. The predicted octanol–water partition coefficient (Wildman–Crippen LogP) is 3.29. The summed E-state index contributed by atoms with van der Waals surface area (Å²) in [5.41, 5.74) is 2.81. The summed E-state index contributed by atoms with van der Waals surface area (Å²) in [4.78, 5) is 26.1. The number of rotatable bonds is 3. The van der Waals surface area contributed by atoms with Crippen LogP contribution in [-0.2, 0) is 0 Å². The summed E-state index contributed by atoms with van der Waals surface area (Å²) in [6.45, 7) is 0. The zero-order chi connectivity index (χ0) is 15.4. The number of pyridine rings is 1. The molecule has 0 saturated heterocycles. The summed E-state index contributed by atoms with van der Waals surface area (Å²) in [7, 11) is 0. The van der Waals surface area contributed by atoms with Crippen molar-refractivity contribution in [2.45, 2.75) is 0 Å². The Bertz CT molecular complexity index is 854. The highest BCUT2D eigenvalue weighted by Crippen LogP contribution is 2.21. The van der Waals surface area contributed by atoms with Gasteiger partial charge in [0, 0.05) is 23.5 Å². The fourth-order valence-electron chi connectivity index (χ4n) is 2.19. The van der Waals surface area contributed by atoms with Crippen molar-refractivity contribution in [1.29, 1.82) is 0 Å². The molecule has 0 atom stereocenters. The van der Waals surface area contributed by atoms with Crippen molar-refractivity contribution in [3.05, 3.63) is 88.8 Å². The minimum Gasteiger partial charge on any atom is -0.329 e. The van der Waals surface area contributed by atoms with Crippen LogP contribution in [0.2, 0.25) is 0 Å². The lowest BCUT2D eigenvalue weighted by atomic mass is 10.1. The van der Waals surface area contributed by atoms with Gasteiger partial charge in [-0.2, -0.15) is 0 Å². The van der Waals surface area contributed by atoms with E-state index in [4.69, 9.17) is 0 Å². The van der Waals surface area contributed by atoms with Gasteiger partial charge >= 0.3 is 0 Å². The Morgan fingerprint density at radius 1 is 0.864 bits per heavy atom. The third-order valence-corrected chi connectivity index (χ3v) is 3.26. The van der Waals surface area contributed by atoms with Crippen molar-refractivity contribution in [3.8, 4) is 11.1 Å². The van der Waals surface area contributed by atoms with E-state index in [-0.39, 0.29) is 11.5 Å². The van der Waals surface area contributed by atoms with E-state index in [9.17, 15) is 9.59 Å². The number of aromatic amines is 1. The Labute approximate surface area is 127 Å². The molecule has 0 aliphatic rings. The summed E-state index contributed by atoms with van der Waals surface area (Å²) in [6.07, 6.45) is 1.60. The topological polar surface area (TPSA) is 62.0 Å². The highest BCUT2D eigenvalue weighted by molar-refractivity contribution is 6.04. The molecule has 1 aromatic heterocycles. The summed E-state index contributed by atoms with van der Waals surface area (Å²) in [6, 6.07) is 19.8. The lowest BCUT2D eigenvalue weighted by Crippen LogP contribution is -2.11. The van der Waals surface area contributed by atoms with E-state index in [1.807, 2.05) is 48.5 Å². The SMILES string of the molecule is O=C(Nc1cccc(-c2cc[nH]c(=O)c2)c1)c1ccccc1. The molecule has 0 saturated carbocycles. The summed E-state index contributed by atoms with van der Waals surface area (Å²) < 4.78 is 0. The van der Waals surface area contributed by atoms with Gasteiger partial charge in [0.1, 0.15) is 0 Å². The maximum atomic E-state index is 12.1. The van der Waals surface area contributed by atoms with Crippen molar-refractivity contribution >= 4 is 11.6 Å². The van der Waals surface area contributed by atoms with Gasteiger partial charge in [-0.05, 0) is 41.5 Å². The van der Waals surface area contributed by atoms with Crippen molar-refractivity contribution in [2.24, 2.45) is 0 Å². The molecule has 0 radical (unpaired) electrons.